The van der Waals surface area contributed by atoms with Crippen LogP contribution in [-0.4, -0.2) is 96.7 Å². The number of carbonyl (C=O) groups excluding carboxylic acids is 4. The summed E-state index contributed by atoms with van der Waals surface area (Å²) in [4.78, 5) is 72.6. The molecule has 0 aliphatic rings. The van der Waals surface area contributed by atoms with Gasteiger partial charge >= 0.3 is 39.5 Å². The molecule has 5 atom stereocenters. The molecule has 90 heavy (non-hydrogen) atoms. The SMILES string of the molecule is CC(C)CCCCCCCCCCCCCCC(=O)O[C@H](COC(=O)CCCCCCCCCCCC(C)C)COP(=O)(O)OC[C@@H](O)COP(=O)(O)OC[C@@H](COC(=O)CCCCCCCCC(C)C)OC(=O)CCCCCCCCCCCCCC(C)C. The van der Waals surface area contributed by atoms with Crippen molar-refractivity contribution in [2.45, 2.75) is 369 Å². The number of aliphatic hydroxyl groups is 1. The van der Waals surface area contributed by atoms with Gasteiger partial charge in [-0.15, -0.1) is 0 Å². The Labute approximate surface area is 549 Å². The Morgan fingerprint density at radius 1 is 0.278 bits per heavy atom. The standard InChI is InChI=1S/C71H138O17P2/c1-61(2)47-39-31-23-17-12-9-10-14-20-27-37-45-53-70(75)87-66(57-81-68(73)51-43-35-26-22-16-19-25-33-41-49-63(5)6)59-85-89(77,78)83-55-65(72)56-84-90(79,80)86-60-67(58-82-69(74)52-44-36-30-29-34-42-50-64(7)8)88-71(76)54-46-38-28-21-15-11-13-18-24-32-40-48-62(3)4/h61-67,72H,9-60H2,1-8H3,(H,77,78)(H,79,80)/t65-,66-,67-/m1/s1. The van der Waals surface area contributed by atoms with Crippen molar-refractivity contribution in [1.82, 2.24) is 0 Å². The van der Waals surface area contributed by atoms with E-state index < -0.39 is 97.5 Å². The van der Waals surface area contributed by atoms with Crippen LogP contribution in [0.1, 0.15) is 351 Å². The molecule has 0 bridgehead atoms. The van der Waals surface area contributed by atoms with Crippen molar-refractivity contribution in [3.05, 3.63) is 0 Å². The molecule has 0 saturated heterocycles. The molecule has 0 aromatic carbocycles. The highest BCUT2D eigenvalue weighted by atomic mass is 31.2. The average Bonchev–Trinajstić information content (AvgIpc) is 3.05. The zero-order valence-corrected chi connectivity index (χ0v) is 60.6. The van der Waals surface area contributed by atoms with Crippen LogP contribution in [0.25, 0.3) is 0 Å². The van der Waals surface area contributed by atoms with Crippen LogP contribution in [0, 0.1) is 23.7 Å². The van der Waals surface area contributed by atoms with Crippen LogP contribution < -0.4 is 0 Å². The van der Waals surface area contributed by atoms with E-state index in [2.05, 4.69) is 55.4 Å². The maximum atomic E-state index is 13.0. The van der Waals surface area contributed by atoms with Crippen LogP contribution in [-0.2, 0) is 65.4 Å². The van der Waals surface area contributed by atoms with Crippen molar-refractivity contribution in [2.24, 2.45) is 23.7 Å². The monoisotopic (exact) mass is 1320 g/mol. The largest absolute Gasteiger partial charge is 0.472 e. The first-order valence-electron chi connectivity index (χ1n) is 36.7. The van der Waals surface area contributed by atoms with Crippen LogP contribution in [0.15, 0.2) is 0 Å². The smallest absolute Gasteiger partial charge is 0.462 e. The van der Waals surface area contributed by atoms with E-state index in [4.69, 9.17) is 37.0 Å². The van der Waals surface area contributed by atoms with E-state index in [1.165, 1.54) is 148 Å². The van der Waals surface area contributed by atoms with E-state index in [9.17, 15) is 43.2 Å². The van der Waals surface area contributed by atoms with E-state index in [1.54, 1.807) is 0 Å². The quantitative estimate of drug-likeness (QED) is 0.0222. The Balaban J connectivity index is 5.25. The number of hydrogen-bond donors (Lipinski definition) is 3. The van der Waals surface area contributed by atoms with Gasteiger partial charge in [0.25, 0.3) is 0 Å². The highest BCUT2D eigenvalue weighted by Gasteiger charge is 2.30. The summed E-state index contributed by atoms with van der Waals surface area (Å²) in [5.74, 6) is 0.836. The molecule has 0 amide bonds. The van der Waals surface area contributed by atoms with E-state index in [0.717, 1.165) is 114 Å². The van der Waals surface area contributed by atoms with Gasteiger partial charge in [0.1, 0.15) is 19.3 Å². The van der Waals surface area contributed by atoms with Gasteiger partial charge in [-0.3, -0.25) is 37.3 Å². The topological polar surface area (TPSA) is 237 Å². The van der Waals surface area contributed by atoms with Gasteiger partial charge in [0.2, 0.25) is 0 Å². The van der Waals surface area contributed by atoms with Crippen molar-refractivity contribution in [3.63, 3.8) is 0 Å². The minimum absolute atomic E-state index is 0.105. The number of phosphoric acid groups is 2. The van der Waals surface area contributed by atoms with E-state index in [1.807, 2.05) is 0 Å². The zero-order valence-electron chi connectivity index (χ0n) is 58.8. The molecule has 534 valence electrons. The summed E-state index contributed by atoms with van der Waals surface area (Å²) in [6, 6.07) is 0. The fourth-order valence-electron chi connectivity index (χ4n) is 10.7. The Bertz CT molecular complexity index is 1780. The van der Waals surface area contributed by atoms with E-state index in [0.29, 0.717) is 31.6 Å². The second-order valence-corrected chi connectivity index (χ2v) is 30.4. The van der Waals surface area contributed by atoms with Crippen molar-refractivity contribution in [1.29, 1.82) is 0 Å². The maximum Gasteiger partial charge on any atom is 0.472 e. The lowest BCUT2D eigenvalue weighted by Crippen LogP contribution is -2.30. The maximum absolute atomic E-state index is 13.0. The number of ether oxygens (including phenoxy) is 4. The van der Waals surface area contributed by atoms with Gasteiger partial charge in [-0.05, 0) is 49.4 Å². The predicted molar refractivity (Wildman–Crippen MR) is 363 cm³/mol. The first kappa shape index (κ1) is 88.1. The molecule has 17 nitrogen and oxygen atoms in total. The average molecular weight is 1330 g/mol. The fraction of sp³-hybridized carbons (Fsp3) is 0.944. The molecule has 0 fully saturated rings. The summed E-state index contributed by atoms with van der Waals surface area (Å²) in [7, 11) is -9.90. The minimum atomic E-state index is -4.95. The third-order valence-corrected chi connectivity index (χ3v) is 18.2. The van der Waals surface area contributed by atoms with Gasteiger partial charge in [-0.1, -0.05) is 299 Å². The van der Waals surface area contributed by atoms with Gasteiger partial charge in [-0.25, -0.2) is 9.13 Å². The van der Waals surface area contributed by atoms with Crippen LogP contribution in [0.4, 0.5) is 0 Å². The number of hydrogen-bond acceptors (Lipinski definition) is 15. The molecule has 3 N–H and O–H groups in total. The lowest BCUT2D eigenvalue weighted by Gasteiger charge is -2.21. The Morgan fingerprint density at radius 2 is 0.467 bits per heavy atom. The van der Waals surface area contributed by atoms with Crippen LogP contribution in [0.5, 0.6) is 0 Å². The first-order valence-corrected chi connectivity index (χ1v) is 39.7. The number of carbonyl (C=O) groups is 4. The predicted octanol–water partition coefficient (Wildman–Crippen LogP) is 20.1. The molecule has 0 aromatic heterocycles. The molecule has 19 heteroatoms. The van der Waals surface area contributed by atoms with Crippen LogP contribution >= 0.6 is 15.6 Å². The second-order valence-electron chi connectivity index (χ2n) is 27.5. The van der Waals surface area contributed by atoms with Gasteiger partial charge in [0.05, 0.1) is 26.4 Å². The Hall–Kier alpha value is -1.94. The van der Waals surface area contributed by atoms with Gasteiger partial charge in [0.15, 0.2) is 12.2 Å². The summed E-state index contributed by atoms with van der Waals surface area (Å²) >= 11 is 0. The third-order valence-electron chi connectivity index (χ3n) is 16.3. The first-order chi connectivity index (χ1) is 43.1. The Kier molecular flexibility index (Phi) is 59.4. The number of phosphoric ester groups is 2. The van der Waals surface area contributed by atoms with Crippen LogP contribution in [0.3, 0.4) is 0 Å². The van der Waals surface area contributed by atoms with Crippen molar-refractivity contribution >= 4 is 39.5 Å². The van der Waals surface area contributed by atoms with Gasteiger partial charge < -0.3 is 33.8 Å². The molecule has 0 rings (SSSR count). The van der Waals surface area contributed by atoms with E-state index in [-0.39, 0.29) is 25.7 Å². The normalized spacial score (nSPS) is 14.3. The highest BCUT2D eigenvalue weighted by Crippen LogP contribution is 2.45. The van der Waals surface area contributed by atoms with Crippen molar-refractivity contribution in [3.8, 4) is 0 Å². The fourth-order valence-corrected chi connectivity index (χ4v) is 12.2. The number of rotatable bonds is 68. The molecule has 0 spiro atoms. The van der Waals surface area contributed by atoms with E-state index >= 15 is 0 Å². The van der Waals surface area contributed by atoms with Crippen molar-refractivity contribution in [2.75, 3.05) is 39.6 Å². The molecule has 0 aliphatic carbocycles. The lowest BCUT2D eigenvalue weighted by atomic mass is 10.0. The number of esters is 4. The van der Waals surface area contributed by atoms with Crippen LogP contribution in [0.2, 0.25) is 0 Å². The molecule has 0 saturated carbocycles. The number of aliphatic hydroxyl groups excluding tert-OH is 1. The lowest BCUT2D eigenvalue weighted by molar-refractivity contribution is -0.161. The molecule has 0 aromatic rings. The second kappa shape index (κ2) is 60.7. The molecule has 0 heterocycles. The summed E-state index contributed by atoms with van der Waals surface area (Å²) < 4.78 is 68.3. The number of unbranched alkanes of at least 4 members (excludes halogenated alkanes) is 34. The third kappa shape index (κ3) is 64.8. The van der Waals surface area contributed by atoms with Gasteiger partial charge in [0, 0.05) is 25.7 Å². The molecular weight excluding hydrogens is 1190 g/mol. The molecule has 0 radical (unpaired) electrons. The molecular formula is C71H138O17P2. The highest BCUT2D eigenvalue weighted by molar-refractivity contribution is 7.47. The Morgan fingerprint density at radius 3 is 0.689 bits per heavy atom. The summed E-state index contributed by atoms with van der Waals surface area (Å²) in [6.07, 6.45) is 43.2. The van der Waals surface area contributed by atoms with Gasteiger partial charge in [-0.2, -0.15) is 0 Å². The molecule has 2 unspecified atom stereocenters. The summed E-state index contributed by atoms with van der Waals surface area (Å²) in [6.45, 7) is 14.1. The van der Waals surface area contributed by atoms with Crippen molar-refractivity contribution < 1.29 is 80.2 Å². The molecule has 0 aliphatic heterocycles. The summed E-state index contributed by atoms with van der Waals surface area (Å²) in [5.41, 5.74) is 0. The summed E-state index contributed by atoms with van der Waals surface area (Å²) in [5, 5.41) is 10.6. The zero-order chi connectivity index (χ0) is 66.8. The minimum Gasteiger partial charge on any atom is -0.462 e.